The number of alkyl carbamates (subject to hydrolysis) is 1. The first-order chi connectivity index (χ1) is 11.9. The van der Waals surface area contributed by atoms with E-state index < -0.39 is 17.3 Å². The predicted octanol–water partition coefficient (Wildman–Crippen LogP) is 3.69. The molecular formula is C19H38N2O5. The largest absolute Gasteiger partial charge is 0.444 e. The average Bonchev–Trinajstić information content (AvgIpc) is 2.45. The number of amides is 2. The Morgan fingerprint density at radius 3 is 1.92 bits per heavy atom. The molecule has 0 spiro atoms. The average molecular weight is 375 g/mol. The Hall–Kier alpha value is -1.50. The molecule has 0 aliphatic rings. The van der Waals surface area contributed by atoms with Crippen molar-refractivity contribution < 1.29 is 24.2 Å². The monoisotopic (exact) mass is 374 g/mol. The van der Waals surface area contributed by atoms with Crippen molar-refractivity contribution in [3.8, 4) is 0 Å². The van der Waals surface area contributed by atoms with Gasteiger partial charge in [-0.05, 0) is 60.8 Å². The van der Waals surface area contributed by atoms with E-state index >= 15 is 0 Å². The molecule has 154 valence electrons. The molecule has 2 amide bonds. The fraction of sp³-hybridized carbons (Fsp3) is 0.895. The molecule has 0 saturated heterocycles. The normalized spacial score (nSPS) is 11.8. The summed E-state index contributed by atoms with van der Waals surface area (Å²) in [4.78, 5) is 25.7. The lowest BCUT2D eigenvalue weighted by molar-refractivity contribution is 0.0244. The van der Waals surface area contributed by atoms with Crippen molar-refractivity contribution in [3.63, 3.8) is 0 Å². The van der Waals surface area contributed by atoms with E-state index in [0.29, 0.717) is 26.1 Å². The van der Waals surface area contributed by atoms with Crippen molar-refractivity contribution in [1.29, 1.82) is 0 Å². The van der Waals surface area contributed by atoms with Crippen molar-refractivity contribution in [2.75, 3.05) is 26.2 Å². The third-order valence-corrected chi connectivity index (χ3v) is 3.26. The van der Waals surface area contributed by atoms with Gasteiger partial charge in [0.25, 0.3) is 0 Å². The molecule has 0 aliphatic carbocycles. The Kier molecular flexibility index (Phi) is 11.3. The van der Waals surface area contributed by atoms with Crippen molar-refractivity contribution in [1.82, 2.24) is 10.2 Å². The zero-order valence-corrected chi connectivity index (χ0v) is 17.4. The first kappa shape index (κ1) is 24.5. The molecule has 2 N–H and O–H groups in total. The third kappa shape index (κ3) is 14.8. The predicted molar refractivity (Wildman–Crippen MR) is 102 cm³/mol. The minimum absolute atomic E-state index is 0.201. The fourth-order valence-corrected chi connectivity index (χ4v) is 2.16. The molecule has 26 heavy (non-hydrogen) atoms. The maximum atomic E-state index is 12.3. The fourth-order valence-electron chi connectivity index (χ4n) is 2.16. The van der Waals surface area contributed by atoms with Gasteiger partial charge in [0, 0.05) is 26.2 Å². The number of carbonyl (C=O) groups excluding carboxylic acids is 2. The highest BCUT2D eigenvalue weighted by Gasteiger charge is 2.22. The Morgan fingerprint density at radius 1 is 0.846 bits per heavy atom. The van der Waals surface area contributed by atoms with Gasteiger partial charge in [-0.25, -0.2) is 9.59 Å². The molecule has 7 nitrogen and oxygen atoms in total. The molecule has 0 aromatic heterocycles. The van der Waals surface area contributed by atoms with E-state index in [9.17, 15) is 9.59 Å². The van der Waals surface area contributed by atoms with Crippen molar-refractivity contribution in [2.24, 2.45) is 0 Å². The molecule has 0 heterocycles. The summed E-state index contributed by atoms with van der Waals surface area (Å²) in [6.45, 7) is 12.7. The van der Waals surface area contributed by atoms with E-state index in [1.807, 2.05) is 41.5 Å². The standard InChI is InChI=1S/C19H38N2O5/c1-18(2,3)25-16(23)20-12-11-14-21(13-9-7-8-10-15-22)17(24)26-19(4,5)6/h22H,7-15H2,1-6H3,(H,20,23). The molecular weight excluding hydrogens is 336 g/mol. The van der Waals surface area contributed by atoms with Gasteiger partial charge in [-0.2, -0.15) is 0 Å². The van der Waals surface area contributed by atoms with Crippen LogP contribution in [0.4, 0.5) is 9.59 Å². The van der Waals surface area contributed by atoms with E-state index in [-0.39, 0.29) is 12.7 Å². The highest BCUT2D eigenvalue weighted by molar-refractivity contribution is 5.68. The molecule has 7 heteroatoms. The number of aliphatic hydroxyl groups excluding tert-OH is 1. The lowest BCUT2D eigenvalue weighted by Gasteiger charge is -2.27. The van der Waals surface area contributed by atoms with Crippen LogP contribution in [0.1, 0.15) is 73.6 Å². The molecule has 0 aliphatic heterocycles. The molecule has 0 radical (unpaired) electrons. The highest BCUT2D eigenvalue weighted by Crippen LogP contribution is 2.12. The second kappa shape index (κ2) is 12.0. The first-order valence-electron chi connectivity index (χ1n) is 9.50. The SMILES string of the molecule is CC(C)(C)OC(=O)NCCCN(CCCCCCO)C(=O)OC(C)(C)C. The topological polar surface area (TPSA) is 88.1 Å². The molecule has 0 aromatic carbocycles. The van der Waals surface area contributed by atoms with Crippen molar-refractivity contribution in [2.45, 2.75) is 84.8 Å². The number of hydrogen-bond acceptors (Lipinski definition) is 5. The summed E-state index contributed by atoms with van der Waals surface area (Å²) in [5.41, 5.74) is -1.07. The quantitative estimate of drug-likeness (QED) is 0.569. The lowest BCUT2D eigenvalue weighted by atomic mass is 10.2. The van der Waals surface area contributed by atoms with Gasteiger partial charge in [0.1, 0.15) is 11.2 Å². The van der Waals surface area contributed by atoms with Gasteiger partial charge in [-0.15, -0.1) is 0 Å². The molecule has 0 fully saturated rings. The van der Waals surface area contributed by atoms with Crippen LogP contribution in [-0.4, -0.2) is 59.6 Å². The second-order valence-electron chi connectivity index (χ2n) is 8.39. The van der Waals surface area contributed by atoms with Crippen LogP contribution in [-0.2, 0) is 9.47 Å². The Balaban J connectivity index is 4.33. The minimum atomic E-state index is -0.541. The number of aliphatic hydroxyl groups is 1. The van der Waals surface area contributed by atoms with Gasteiger partial charge >= 0.3 is 12.2 Å². The second-order valence-corrected chi connectivity index (χ2v) is 8.39. The van der Waals surface area contributed by atoms with Gasteiger partial charge in [-0.1, -0.05) is 12.8 Å². The smallest absolute Gasteiger partial charge is 0.410 e. The van der Waals surface area contributed by atoms with Crippen LogP contribution in [0.3, 0.4) is 0 Å². The molecule has 0 rings (SSSR count). The van der Waals surface area contributed by atoms with Crippen molar-refractivity contribution >= 4 is 12.2 Å². The van der Waals surface area contributed by atoms with Crippen LogP contribution < -0.4 is 5.32 Å². The van der Waals surface area contributed by atoms with E-state index in [1.54, 1.807) is 4.90 Å². The Bertz CT molecular complexity index is 413. The summed E-state index contributed by atoms with van der Waals surface area (Å²) in [5.74, 6) is 0. The van der Waals surface area contributed by atoms with Gasteiger partial charge in [0.2, 0.25) is 0 Å². The minimum Gasteiger partial charge on any atom is -0.444 e. The van der Waals surface area contributed by atoms with Crippen LogP contribution in [0.15, 0.2) is 0 Å². The zero-order valence-electron chi connectivity index (χ0n) is 17.4. The Labute approximate surface area is 158 Å². The summed E-state index contributed by atoms with van der Waals surface area (Å²) in [6.07, 6.45) is 3.37. The first-order valence-corrected chi connectivity index (χ1v) is 9.50. The van der Waals surface area contributed by atoms with Gasteiger partial charge in [0.15, 0.2) is 0 Å². The maximum absolute atomic E-state index is 12.3. The van der Waals surface area contributed by atoms with E-state index in [1.165, 1.54) is 0 Å². The van der Waals surface area contributed by atoms with Crippen molar-refractivity contribution in [3.05, 3.63) is 0 Å². The van der Waals surface area contributed by atoms with Gasteiger partial charge in [0.05, 0.1) is 0 Å². The summed E-state index contributed by atoms with van der Waals surface area (Å²) < 4.78 is 10.6. The van der Waals surface area contributed by atoms with Crippen LogP contribution >= 0.6 is 0 Å². The molecule has 0 unspecified atom stereocenters. The number of ether oxygens (including phenoxy) is 2. The summed E-state index contributed by atoms with van der Waals surface area (Å²) in [5, 5.41) is 11.5. The van der Waals surface area contributed by atoms with E-state index in [0.717, 1.165) is 25.7 Å². The molecule has 0 atom stereocenters. The van der Waals surface area contributed by atoms with Gasteiger partial charge in [-0.3, -0.25) is 0 Å². The van der Waals surface area contributed by atoms with Crippen LogP contribution in [0, 0.1) is 0 Å². The number of carbonyl (C=O) groups is 2. The molecule has 0 bridgehead atoms. The van der Waals surface area contributed by atoms with Crippen LogP contribution in [0.25, 0.3) is 0 Å². The number of nitrogens with one attached hydrogen (secondary N) is 1. The summed E-state index contributed by atoms with van der Waals surface area (Å²) in [7, 11) is 0. The van der Waals surface area contributed by atoms with Crippen LogP contribution in [0.5, 0.6) is 0 Å². The van der Waals surface area contributed by atoms with E-state index in [4.69, 9.17) is 14.6 Å². The zero-order chi connectivity index (χ0) is 20.2. The maximum Gasteiger partial charge on any atom is 0.410 e. The molecule has 0 saturated carbocycles. The number of hydrogen-bond donors (Lipinski definition) is 2. The molecule has 0 aromatic rings. The number of nitrogens with zero attached hydrogens (tertiary/aromatic N) is 1. The highest BCUT2D eigenvalue weighted by atomic mass is 16.6. The third-order valence-electron chi connectivity index (χ3n) is 3.26. The lowest BCUT2D eigenvalue weighted by Crippen LogP contribution is -2.39. The van der Waals surface area contributed by atoms with Gasteiger partial charge < -0.3 is 24.8 Å². The number of rotatable bonds is 10. The summed E-state index contributed by atoms with van der Waals surface area (Å²) >= 11 is 0. The van der Waals surface area contributed by atoms with E-state index in [2.05, 4.69) is 5.32 Å². The van der Waals surface area contributed by atoms with Crippen LogP contribution in [0.2, 0.25) is 0 Å². The Morgan fingerprint density at radius 2 is 1.38 bits per heavy atom. The summed E-state index contributed by atoms with van der Waals surface area (Å²) in [6, 6.07) is 0. The number of unbranched alkanes of at least 4 members (excludes halogenated alkanes) is 3.